The minimum Gasteiger partial charge on any atom is -0.281 e. The molecule has 0 aromatic heterocycles. The van der Waals surface area contributed by atoms with Crippen LogP contribution in [-0.2, 0) is 19.6 Å². The quantitative estimate of drug-likeness (QED) is 0.275. The van der Waals surface area contributed by atoms with Gasteiger partial charge >= 0.3 is 57.4 Å². The molecule has 1 N–H and O–H groups in total. The van der Waals surface area contributed by atoms with Gasteiger partial charge in [0.1, 0.15) is 0 Å². The van der Waals surface area contributed by atoms with Gasteiger partial charge in [-0.25, -0.2) is 4.39 Å². The van der Waals surface area contributed by atoms with Crippen LogP contribution in [0.3, 0.4) is 0 Å². The van der Waals surface area contributed by atoms with Gasteiger partial charge in [0.25, 0.3) is 5.85 Å². The van der Waals surface area contributed by atoms with Gasteiger partial charge in [0.15, 0.2) is 0 Å². The maximum Gasteiger partial charge on any atom is 0.460 e. The van der Waals surface area contributed by atoms with Gasteiger partial charge in [-0.2, -0.15) is 78.7 Å². The Morgan fingerprint density at radius 3 is 1.21 bits per heavy atom. The van der Waals surface area contributed by atoms with Crippen LogP contribution in [0.15, 0.2) is 0 Å². The Hall–Kier alpha value is -1.36. The Morgan fingerprint density at radius 2 is 0.941 bits per heavy atom. The lowest BCUT2D eigenvalue weighted by Gasteiger charge is -2.42. The molecule has 0 aliphatic rings. The fourth-order valence-electron chi connectivity index (χ4n) is 1.60. The number of halogens is 17. The summed E-state index contributed by atoms with van der Waals surface area (Å²) in [6, 6.07) is 0. The molecule has 0 aliphatic heterocycles. The van der Waals surface area contributed by atoms with Crippen LogP contribution in [0.4, 0.5) is 74.6 Å². The first-order chi connectivity index (χ1) is 14.2. The van der Waals surface area contributed by atoms with Gasteiger partial charge in [0.05, 0.1) is 0 Å². The van der Waals surface area contributed by atoms with Crippen molar-refractivity contribution in [2.75, 3.05) is 0 Å². The highest BCUT2D eigenvalue weighted by molar-refractivity contribution is 7.86. The van der Waals surface area contributed by atoms with E-state index in [1.54, 1.807) is 0 Å². The average molecular weight is 574 g/mol. The summed E-state index contributed by atoms with van der Waals surface area (Å²) in [4.78, 5) is 0. The number of ether oxygens (including phenoxy) is 2. The molecule has 0 rings (SSSR count). The zero-order valence-electron chi connectivity index (χ0n) is 15.4. The molecular weight excluding hydrogens is 567 g/mol. The van der Waals surface area contributed by atoms with E-state index >= 15 is 0 Å². The molecule has 0 bridgehead atoms. The molecule has 0 heterocycles. The molecule has 0 aliphatic carbocycles. The molecule has 23 heteroatoms. The summed E-state index contributed by atoms with van der Waals surface area (Å²) in [5, 5.41) is -7.40. The maximum atomic E-state index is 13.9. The predicted molar refractivity (Wildman–Crippen MR) is 68.5 cm³/mol. The Labute approximate surface area is 175 Å². The first-order valence-electron chi connectivity index (χ1n) is 7.25. The Bertz CT molecular complexity index is 858. The normalized spacial score (nSPS) is 19.5. The van der Waals surface area contributed by atoms with E-state index in [0.717, 1.165) is 0 Å². The van der Waals surface area contributed by atoms with Gasteiger partial charge in [-0.05, 0) is 0 Å². The summed E-state index contributed by atoms with van der Waals surface area (Å²) in [5.74, 6) is -35.1. The summed E-state index contributed by atoms with van der Waals surface area (Å²) in [6.07, 6.45) is -23.5. The van der Waals surface area contributed by atoms with E-state index in [1.165, 1.54) is 4.74 Å². The largest absolute Gasteiger partial charge is 0.460 e. The van der Waals surface area contributed by atoms with Crippen molar-refractivity contribution in [1.82, 2.24) is 0 Å². The van der Waals surface area contributed by atoms with Crippen molar-refractivity contribution in [3.8, 4) is 0 Å². The van der Waals surface area contributed by atoms with E-state index in [1.807, 2.05) is 4.74 Å². The first-order valence-corrected chi connectivity index (χ1v) is 8.69. The van der Waals surface area contributed by atoms with Crippen molar-refractivity contribution in [1.29, 1.82) is 0 Å². The van der Waals surface area contributed by atoms with Crippen molar-refractivity contribution >= 4 is 10.1 Å². The van der Waals surface area contributed by atoms with Crippen molar-refractivity contribution in [2.45, 2.75) is 67.0 Å². The van der Waals surface area contributed by atoms with Crippen LogP contribution in [-0.4, -0.2) is 66.1 Å². The predicted octanol–water partition coefficient (Wildman–Crippen LogP) is 5.53. The molecule has 2 unspecified atom stereocenters. The van der Waals surface area contributed by atoms with Crippen LogP contribution >= 0.6 is 0 Å². The highest BCUT2D eigenvalue weighted by Gasteiger charge is 2.85. The fraction of sp³-hybridized carbons (Fsp3) is 1.00. The minimum absolute atomic E-state index is 1.09. The van der Waals surface area contributed by atoms with E-state index in [0.29, 0.717) is 0 Å². The van der Waals surface area contributed by atoms with Crippen molar-refractivity contribution in [3.05, 3.63) is 0 Å². The lowest BCUT2D eigenvalue weighted by molar-refractivity contribution is -0.538. The van der Waals surface area contributed by atoms with Gasteiger partial charge in [0.2, 0.25) is 0 Å². The van der Waals surface area contributed by atoms with Crippen molar-refractivity contribution in [2.24, 2.45) is 0 Å². The molecule has 0 spiro atoms. The van der Waals surface area contributed by atoms with Gasteiger partial charge in [-0.15, -0.1) is 0 Å². The third-order valence-electron chi connectivity index (χ3n) is 3.50. The molecule has 34 heavy (non-hydrogen) atoms. The van der Waals surface area contributed by atoms with Gasteiger partial charge in [0, 0.05) is 13.8 Å². The van der Waals surface area contributed by atoms with Crippen molar-refractivity contribution < 1.29 is 97.1 Å². The molecule has 0 amide bonds. The summed E-state index contributed by atoms with van der Waals surface area (Å²) >= 11 is 0. The van der Waals surface area contributed by atoms with Crippen LogP contribution in [0.25, 0.3) is 0 Å². The van der Waals surface area contributed by atoms with Crippen LogP contribution in [0, 0.1) is 0 Å². The molecule has 2 atom stereocenters. The Kier molecular flexibility index (Phi) is 7.75. The molecule has 0 aromatic rings. The smallest absolute Gasteiger partial charge is 0.281 e. The second-order valence-electron chi connectivity index (χ2n) is 6.28. The molecule has 0 fully saturated rings. The van der Waals surface area contributed by atoms with E-state index in [4.69, 9.17) is 4.55 Å². The molecule has 0 saturated carbocycles. The third kappa shape index (κ3) is 4.96. The third-order valence-corrected chi connectivity index (χ3v) is 4.38. The number of rotatable bonds is 10. The second kappa shape index (κ2) is 8.08. The summed E-state index contributed by atoms with van der Waals surface area (Å²) in [7, 11) is -7.62. The average Bonchev–Trinajstić information content (AvgIpc) is 2.49. The van der Waals surface area contributed by atoms with Crippen molar-refractivity contribution in [3.63, 3.8) is 0 Å². The first kappa shape index (κ1) is 32.6. The Morgan fingerprint density at radius 1 is 0.588 bits per heavy atom. The number of hydrogen-bond acceptors (Lipinski definition) is 4. The molecule has 206 valence electrons. The zero-order valence-corrected chi connectivity index (χ0v) is 16.2. The van der Waals surface area contributed by atoms with E-state index in [9.17, 15) is 83.1 Å². The second-order valence-corrected chi connectivity index (χ2v) is 7.74. The highest BCUT2D eigenvalue weighted by Crippen LogP contribution is 2.57. The van der Waals surface area contributed by atoms with E-state index in [2.05, 4.69) is 0 Å². The monoisotopic (exact) mass is 574 g/mol. The van der Waals surface area contributed by atoms with Gasteiger partial charge < -0.3 is 0 Å². The summed E-state index contributed by atoms with van der Waals surface area (Å²) in [6.45, 7) is -2.53. The molecule has 0 radical (unpaired) electrons. The van der Waals surface area contributed by atoms with Crippen LogP contribution < -0.4 is 0 Å². The summed E-state index contributed by atoms with van der Waals surface area (Å²) in [5.41, 5.74) is 0. The van der Waals surface area contributed by atoms with E-state index in [-0.39, 0.29) is 0 Å². The lowest BCUT2D eigenvalue weighted by Crippen LogP contribution is -2.69. The fourth-order valence-corrected chi connectivity index (χ4v) is 1.94. The van der Waals surface area contributed by atoms with Gasteiger partial charge in [-0.1, -0.05) is 0 Å². The summed E-state index contributed by atoms with van der Waals surface area (Å²) < 4.78 is 255. The SMILES string of the molecule is CC(F)(F)C(F)(F)C(F)(F)C(C)(F)OC(F)(F)C(F)(OC(F)(F)C(F)(F)S(=O)(=O)O)C(F)(F)F. The van der Waals surface area contributed by atoms with Crippen LogP contribution in [0.2, 0.25) is 0 Å². The zero-order chi connectivity index (χ0) is 28.4. The maximum absolute atomic E-state index is 13.9. The number of alkyl halides is 17. The van der Waals surface area contributed by atoms with Crippen LogP contribution in [0.1, 0.15) is 13.8 Å². The molecule has 5 nitrogen and oxygen atoms in total. The molecular formula is C11H7F17O5S. The van der Waals surface area contributed by atoms with E-state index < -0.39 is 77.1 Å². The standard InChI is InChI=1S/C11H7F17O5S/c1-3(12,13)5(15,16)6(17,18)4(2,14)32-9(23,24)7(19,8(20,21)22)33-10(25,26)11(27,28)34(29,30)31/h1-2H3,(H,29,30,31). The minimum atomic E-state index is -7.99. The molecule has 0 saturated heterocycles. The number of hydrogen-bond donors (Lipinski definition) is 1. The lowest BCUT2D eigenvalue weighted by atomic mass is 9.99. The van der Waals surface area contributed by atoms with Crippen LogP contribution in [0.5, 0.6) is 0 Å². The molecule has 0 aromatic carbocycles. The topological polar surface area (TPSA) is 72.8 Å². The Balaban J connectivity index is 6.77. The highest BCUT2D eigenvalue weighted by atomic mass is 32.2. The van der Waals surface area contributed by atoms with Gasteiger partial charge in [-0.3, -0.25) is 14.0 Å².